The van der Waals surface area contributed by atoms with E-state index in [-0.39, 0.29) is 28.3 Å². The van der Waals surface area contributed by atoms with Crippen LogP contribution in [0.2, 0.25) is 0 Å². The first-order valence-corrected chi connectivity index (χ1v) is 7.69. The van der Waals surface area contributed by atoms with Crippen LogP contribution in [0.15, 0.2) is 47.3 Å². The summed E-state index contributed by atoms with van der Waals surface area (Å²) in [6.07, 6.45) is 0. The van der Waals surface area contributed by atoms with Gasteiger partial charge in [0.25, 0.3) is 5.56 Å². The number of anilines is 1. The number of rotatable bonds is 2. The number of halogens is 1. The molecule has 3 rings (SSSR count). The second-order valence-electron chi connectivity index (χ2n) is 5.76. The Morgan fingerprint density at radius 3 is 2.42 bits per heavy atom. The minimum Gasteiger partial charge on any atom is -0.384 e. The highest BCUT2D eigenvalue weighted by atomic mass is 19.1. The Labute approximate surface area is 148 Å². The van der Waals surface area contributed by atoms with Crippen molar-refractivity contribution in [2.75, 3.05) is 5.73 Å². The lowest BCUT2D eigenvalue weighted by Crippen LogP contribution is -2.16. The molecule has 5 nitrogen and oxygen atoms in total. The van der Waals surface area contributed by atoms with Crippen molar-refractivity contribution in [1.82, 2.24) is 4.98 Å². The van der Waals surface area contributed by atoms with Gasteiger partial charge in [-0.05, 0) is 47.4 Å². The van der Waals surface area contributed by atoms with Crippen molar-refractivity contribution < 1.29 is 4.39 Å². The van der Waals surface area contributed by atoms with Crippen molar-refractivity contribution in [2.45, 2.75) is 6.92 Å². The summed E-state index contributed by atoms with van der Waals surface area (Å²) in [7, 11) is 0. The number of pyridine rings is 1. The summed E-state index contributed by atoms with van der Waals surface area (Å²) >= 11 is 0. The van der Waals surface area contributed by atoms with Gasteiger partial charge in [-0.25, -0.2) is 4.39 Å². The Bertz CT molecular complexity index is 1170. The fourth-order valence-corrected chi connectivity index (χ4v) is 2.88. The third-order valence-electron chi connectivity index (χ3n) is 4.13. The van der Waals surface area contributed by atoms with Crippen LogP contribution < -0.4 is 11.3 Å². The number of nitrogens with two attached hydrogens (primary N) is 1. The van der Waals surface area contributed by atoms with Crippen molar-refractivity contribution in [2.24, 2.45) is 0 Å². The van der Waals surface area contributed by atoms with Gasteiger partial charge in [0, 0.05) is 5.56 Å². The number of nitrogens with one attached hydrogen (secondary N) is 1. The second kappa shape index (κ2) is 6.54. The summed E-state index contributed by atoms with van der Waals surface area (Å²) < 4.78 is 13.7. The van der Waals surface area contributed by atoms with Gasteiger partial charge < -0.3 is 10.7 Å². The highest BCUT2D eigenvalue weighted by molar-refractivity contribution is 5.83. The summed E-state index contributed by atoms with van der Waals surface area (Å²) in [5.74, 6) is -0.467. The number of nitriles is 2. The van der Waals surface area contributed by atoms with Crippen LogP contribution in [0.5, 0.6) is 0 Å². The van der Waals surface area contributed by atoms with Gasteiger partial charge in [-0.3, -0.25) is 4.79 Å². The van der Waals surface area contributed by atoms with Gasteiger partial charge in [-0.1, -0.05) is 24.3 Å². The molecule has 2 aromatic carbocycles. The number of aryl methyl sites for hydroxylation is 1. The maximum Gasteiger partial charge on any atom is 0.268 e. The Balaban J connectivity index is 2.32. The van der Waals surface area contributed by atoms with Gasteiger partial charge in [0.05, 0.1) is 0 Å². The molecule has 0 amide bonds. The van der Waals surface area contributed by atoms with E-state index in [2.05, 4.69) is 4.98 Å². The zero-order valence-electron chi connectivity index (χ0n) is 13.8. The quantitative estimate of drug-likeness (QED) is 0.742. The van der Waals surface area contributed by atoms with Crippen LogP contribution in [-0.4, -0.2) is 4.98 Å². The Kier molecular flexibility index (Phi) is 4.26. The minimum absolute atomic E-state index is 0.0225. The van der Waals surface area contributed by atoms with E-state index in [1.165, 1.54) is 12.1 Å². The molecule has 26 heavy (non-hydrogen) atoms. The molecule has 0 spiro atoms. The molecule has 1 aromatic heterocycles. The zero-order valence-corrected chi connectivity index (χ0v) is 13.8. The van der Waals surface area contributed by atoms with E-state index in [0.717, 1.165) is 5.56 Å². The first-order valence-electron chi connectivity index (χ1n) is 7.69. The van der Waals surface area contributed by atoms with E-state index in [4.69, 9.17) is 5.73 Å². The van der Waals surface area contributed by atoms with E-state index in [9.17, 15) is 19.7 Å². The highest BCUT2D eigenvalue weighted by Gasteiger charge is 2.18. The molecule has 6 heteroatoms. The Morgan fingerprint density at radius 2 is 1.73 bits per heavy atom. The average molecular weight is 344 g/mol. The predicted octanol–water partition coefficient (Wildman–Crippen LogP) is 3.48. The molecule has 0 fully saturated rings. The van der Waals surface area contributed by atoms with Crippen LogP contribution in [-0.2, 0) is 0 Å². The lowest BCUT2D eigenvalue weighted by molar-refractivity contribution is 0.628. The summed E-state index contributed by atoms with van der Waals surface area (Å²) in [6.45, 7) is 1.86. The molecule has 0 unspecified atom stereocenters. The van der Waals surface area contributed by atoms with Gasteiger partial charge in [-0.15, -0.1) is 0 Å². The molecule has 0 radical (unpaired) electrons. The fraction of sp³-hybridized carbons (Fsp3) is 0.0500. The molecule has 1 heterocycles. The molecule has 3 N–H and O–H groups in total. The molecule has 0 saturated carbocycles. The first kappa shape index (κ1) is 16.9. The number of hydrogen-bond donors (Lipinski definition) is 2. The fourth-order valence-electron chi connectivity index (χ4n) is 2.88. The van der Waals surface area contributed by atoms with Crippen molar-refractivity contribution in [3.05, 3.63) is 75.3 Å². The summed E-state index contributed by atoms with van der Waals surface area (Å²) in [5, 5.41) is 18.8. The van der Waals surface area contributed by atoms with Crippen LogP contribution in [0.1, 0.15) is 16.7 Å². The van der Waals surface area contributed by atoms with E-state index in [0.29, 0.717) is 16.7 Å². The summed E-state index contributed by atoms with van der Waals surface area (Å²) in [4.78, 5) is 14.4. The number of hydrogen-bond acceptors (Lipinski definition) is 4. The lowest BCUT2D eigenvalue weighted by atomic mass is 9.92. The van der Waals surface area contributed by atoms with E-state index in [1.54, 1.807) is 30.3 Å². The van der Waals surface area contributed by atoms with Gasteiger partial charge in [0.2, 0.25) is 0 Å². The zero-order chi connectivity index (χ0) is 18.8. The van der Waals surface area contributed by atoms with Crippen LogP contribution >= 0.6 is 0 Å². The third-order valence-corrected chi connectivity index (χ3v) is 4.13. The maximum atomic E-state index is 13.7. The molecule has 3 aromatic rings. The smallest absolute Gasteiger partial charge is 0.268 e. The van der Waals surface area contributed by atoms with Crippen molar-refractivity contribution in [3.63, 3.8) is 0 Å². The van der Waals surface area contributed by atoms with Gasteiger partial charge in [-0.2, -0.15) is 10.5 Å². The van der Waals surface area contributed by atoms with E-state index >= 15 is 0 Å². The van der Waals surface area contributed by atoms with Gasteiger partial charge in [0.15, 0.2) is 0 Å². The molecule has 0 aliphatic carbocycles. The first-order chi connectivity index (χ1) is 12.5. The summed E-state index contributed by atoms with van der Waals surface area (Å²) in [6, 6.07) is 15.1. The van der Waals surface area contributed by atoms with E-state index in [1.807, 2.05) is 19.1 Å². The number of nitrogens with zero attached hydrogens (tertiary/aromatic N) is 2. The normalized spacial score (nSPS) is 10.2. The Morgan fingerprint density at radius 1 is 1.04 bits per heavy atom. The number of benzene rings is 2. The highest BCUT2D eigenvalue weighted by Crippen LogP contribution is 2.32. The van der Waals surface area contributed by atoms with Crippen molar-refractivity contribution in [3.8, 4) is 34.4 Å². The number of aromatic nitrogens is 1. The van der Waals surface area contributed by atoms with Crippen LogP contribution in [0.25, 0.3) is 22.3 Å². The lowest BCUT2D eigenvalue weighted by Gasteiger charge is -2.12. The van der Waals surface area contributed by atoms with Crippen LogP contribution in [0, 0.1) is 35.4 Å². The Hall–Kier alpha value is -3.90. The minimum atomic E-state index is -0.661. The van der Waals surface area contributed by atoms with Crippen LogP contribution in [0.3, 0.4) is 0 Å². The standard InChI is InChI=1S/C20H13FN4O/c1-11-5-6-14(21)8-15(11)12-3-2-4-13(7-12)18-16(9-22)19(24)25-20(26)17(18)10-23/h2-8H,1H3,(H3,24,25,26). The maximum absolute atomic E-state index is 13.7. The predicted molar refractivity (Wildman–Crippen MR) is 96.5 cm³/mol. The topological polar surface area (TPSA) is 106 Å². The molecular weight excluding hydrogens is 331 g/mol. The van der Waals surface area contributed by atoms with Gasteiger partial charge in [0.1, 0.15) is 34.9 Å². The van der Waals surface area contributed by atoms with Crippen LogP contribution in [0.4, 0.5) is 10.2 Å². The largest absolute Gasteiger partial charge is 0.384 e. The monoisotopic (exact) mass is 344 g/mol. The molecule has 0 aliphatic heterocycles. The third kappa shape index (κ3) is 2.81. The summed E-state index contributed by atoms with van der Waals surface area (Å²) in [5.41, 5.74) is 7.83. The molecule has 0 atom stereocenters. The van der Waals surface area contributed by atoms with E-state index < -0.39 is 5.56 Å². The number of H-pyrrole nitrogens is 1. The molecule has 0 saturated heterocycles. The second-order valence-corrected chi connectivity index (χ2v) is 5.76. The number of aromatic amines is 1. The molecule has 0 aliphatic rings. The average Bonchev–Trinajstić information content (AvgIpc) is 2.63. The van der Waals surface area contributed by atoms with Gasteiger partial charge >= 0.3 is 0 Å². The molecule has 126 valence electrons. The molecule has 0 bridgehead atoms. The number of nitrogen functional groups attached to an aromatic ring is 1. The molecular formula is C20H13FN4O. The van der Waals surface area contributed by atoms with Crippen molar-refractivity contribution in [1.29, 1.82) is 10.5 Å². The SMILES string of the molecule is Cc1ccc(F)cc1-c1cccc(-c2c(C#N)c(N)[nH]c(=O)c2C#N)c1. The van der Waals surface area contributed by atoms with Crippen molar-refractivity contribution >= 4 is 5.82 Å².